The van der Waals surface area contributed by atoms with Crippen molar-refractivity contribution in [3.63, 3.8) is 0 Å². The van der Waals surface area contributed by atoms with Gasteiger partial charge >= 0.3 is 0 Å². The second-order valence-electron chi connectivity index (χ2n) is 10.8. The number of hydrogen-bond acceptors (Lipinski definition) is 3. The summed E-state index contributed by atoms with van der Waals surface area (Å²) in [6, 6.07) is 17.9. The largest absolute Gasteiger partial charge is 0.455 e. The first-order valence-corrected chi connectivity index (χ1v) is 13.1. The lowest BCUT2D eigenvalue weighted by atomic mass is 9.43. The zero-order valence-electron chi connectivity index (χ0n) is 21.2. The summed E-state index contributed by atoms with van der Waals surface area (Å²) >= 11 is 0. The summed E-state index contributed by atoms with van der Waals surface area (Å²) in [5, 5.41) is 3.42. The van der Waals surface area contributed by atoms with E-state index in [1.165, 1.54) is 31.4 Å². The van der Waals surface area contributed by atoms with Crippen LogP contribution in [-0.2, 0) is 6.42 Å². The lowest BCUT2D eigenvalue weighted by Crippen LogP contribution is -2.52. The minimum Gasteiger partial charge on any atom is -0.455 e. The molecule has 2 bridgehead atoms. The number of halogens is 1. The first-order valence-electron chi connectivity index (χ1n) is 13.1. The molecule has 0 atom stereocenters. The van der Waals surface area contributed by atoms with Crippen molar-refractivity contribution in [1.29, 1.82) is 0 Å². The number of carbonyl (C=O) groups excluding carboxylic acids is 2. The summed E-state index contributed by atoms with van der Waals surface area (Å²) < 4.78 is 19.8. The summed E-state index contributed by atoms with van der Waals surface area (Å²) in [6.07, 6.45) is 6.01. The zero-order valence-corrected chi connectivity index (χ0v) is 21.2. The summed E-state index contributed by atoms with van der Waals surface area (Å²) in [5.74, 6) is 0.862. The lowest BCUT2D eigenvalue weighted by Gasteiger charge is -2.62. The van der Waals surface area contributed by atoms with Crippen molar-refractivity contribution < 1.29 is 18.4 Å². The smallest absolute Gasteiger partial charge is 0.255 e. The number of hydrogen-bond donors (Lipinski definition) is 1. The predicted octanol–water partition coefficient (Wildman–Crippen LogP) is 7.59. The molecule has 3 aliphatic carbocycles. The second-order valence-corrected chi connectivity index (χ2v) is 10.8. The van der Waals surface area contributed by atoms with E-state index < -0.39 is 0 Å². The highest BCUT2D eigenvalue weighted by molar-refractivity contribution is 6.12. The number of benzene rings is 3. The van der Waals surface area contributed by atoms with Crippen LogP contribution in [0.2, 0.25) is 0 Å². The predicted molar refractivity (Wildman–Crippen MR) is 143 cm³/mol. The summed E-state index contributed by atoms with van der Waals surface area (Å²) in [7, 11) is 1.59. The van der Waals surface area contributed by atoms with Crippen molar-refractivity contribution in [2.45, 2.75) is 45.4 Å². The summed E-state index contributed by atoms with van der Waals surface area (Å²) in [6.45, 7) is 2.12. The van der Waals surface area contributed by atoms with E-state index in [2.05, 4.69) is 12.2 Å². The van der Waals surface area contributed by atoms with E-state index in [-0.39, 0.29) is 22.9 Å². The van der Waals surface area contributed by atoms with Crippen LogP contribution in [0.15, 0.2) is 65.1 Å². The Bertz CT molecular complexity index is 1510. The average Bonchev–Trinajstić information content (AvgIpc) is 3.23. The molecular weight excluding hydrogens is 465 g/mol. The van der Waals surface area contributed by atoms with Crippen LogP contribution in [0.4, 0.5) is 4.39 Å². The molecule has 3 saturated carbocycles. The molecule has 0 spiro atoms. The minimum absolute atomic E-state index is 0.214. The molecule has 3 aliphatic rings. The Kier molecular flexibility index (Phi) is 5.74. The Hall–Kier alpha value is -3.73. The van der Waals surface area contributed by atoms with Crippen molar-refractivity contribution >= 4 is 22.7 Å². The van der Waals surface area contributed by atoms with Crippen LogP contribution in [0.3, 0.4) is 0 Å². The minimum atomic E-state index is -0.350. The van der Waals surface area contributed by atoms with Crippen molar-refractivity contribution in [1.82, 2.24) is 5.32 Å². The molecule has 3 aromatic carbocycles. The number of fused-ring (bicyclic) bond motifs is 1. The quantitative estimate of drug-likeness (QED) is 0.256. The normalized spacial score (nSPS) is 19.8. The molecule has 0 radical (unpaired) electrons. The van der Waals surface area contributed by atoms with E-state index in [1.54, 1.807) is 19.2 Å². The number of ketones is 1. The molecule has 7 rings (SSSR count). The lowest BCUT2D eigenvalue weighted by molar-refractivity contribution is -0.103. The molecule has 4 aromatic rings. The maximum Gasteiger partial charge on any atom is 0.255 e. The topological polar surface area (TPSA) is 59.3 Å². The third kappa shape index (κ3) is 4.07. The summed E-state index contributed by atoms with van der Waals surface area (Å²) in [4.78, 5) is 26.2. The average molecular weight is 496 g/mol. The van der Waals surface area contributed by atoms with Crippen LogP contribution in [-0.4, -0.2) is 18.7 Å². The van der Waals surface area contributed by atoms with Gasteiger partial charge in [0.25, 0.3) is 5.91 Å². The Labute approximate surface area is 215 Å². The van der Waals surface area contributed by atoms with Gasteiger partial charge in [0, 0.05) is 30.0 Å². The molecule has 1 heterocycles. The van der Waals surface area contributed by atoms with Crippen molar-refractivity contribution in [3.05, 3.63) is 83.2 Å². The van der Waals surface area contributed by atoms with Crippen LogP contribution >= 0.6 is 0 Å². The van der Waals surface area contributed by atoms with Crippen LogP contribution in [0.25, 0.3) is 33.4 Å². The fourth-order valence-electron chi connectivity index (χ4n) is 6.26. The van der Waals surface area contributed by atoms with Crippen LogP contribution in [0.5, 0.6) is 0 Å². The van der Waals surface area contributed by atoms with E-state index in [0.29, 0.717) is 34.3 Å². The van der Waals surface area contributed by atoms with Crippen LogP contribution in [0, 0.1) is 17.2 Å². The van der Waals surface area contributed by atoms with Gasteiger partial charge in [-0.3, -0.25) is 9.59 Å². The van der Waals surface area contributed by atoms with Gasteiger partial charge in [-0.25, -0.2) is 4.39 Å². The third-order valence-corrected chi connectivity index (χ3v) is 8.19. The third-order valence-electron chi connectivity index (χ3n) is 8.19. The van der Waals surface area contributed by atoms with E-state index in [1.807, 2.05) is 36.4 Å². The molecule has 0 aliphatic heterocycles. The number of furan rings is 1. The highest BCUT2D eigenvalue weighted by atomic mass is 19.1. The fraction of sp³-hybridized carbons (Fsp3) is 0.312. The number of Topliss-reactive ketones (excluding diaryl/α,β-unsaturated/α-hetero) is 1. The maximum absolute atomic E-state index is 13.6. The van der Waals surface area contributed by atoms with E-state index in [0.717, 1.165) is 41.0 Å². The number of carbonyl (C=O) groups is 2. The van der Waals surface area contributed by atoms with Crippen LogP contribution in [0.1, 0.15) is 65.3 Å². The van der Waals surface area contributed by atoms with Gasteiger partial charge in [-0.15, -0.1) is 0 Å². The standard InChI is InChI=1S/C32H30FNO3/c1-3-5-21-13-28-26(29(31(36)34-2)30(37-28)20-8-10-24(33)11-9-20)14-25(21)22-6-4-7-23(12-22)27(35)18-32-15-19(16-32)17-32/h4,6-14,19H,3,5,15-18H2,1-2H3,(H,34,36). The Morgan fingerprint density at radius 1 is 1.03 bits per heavy atom. The molecule has 0 unspecified atom stereocenters. The maximum atomic E-state index is 13.6. The molecule has 188 valence electrons. The van der Waals surface area contributed by atoms with Gasteiger partial charge in [0.1, 0.15) is 17.2 Å². The highest BCUT2D eigenvalue weighted by Gasteiger charge is 2.56. The first kappa shape index (κ1) is 23.7. The monoisotopic (exact) mass is 495 g/mol. The fourth-order valence-corrected chi connectivity index (χ4v) is 6.26. The van der Waals surface area contributed by atoms with Gasteiger partial charge in [-0.1, -0.05) is 31.5 Å². The number of aryl methyl sites for hydroxylation is 1. The molecule has 5 heteroatoms. The molecule has 1 N–H and O–H groups in total. The summed E-state index contributed by atoms with van der Waals surface area (Å²) in [5.41, 5.74) is 5.73. The van der Waals surface area contributed by atoms with Crippen molar-refractivity contribution in [2.75, 3.05) is 7.05 Å². The number of rotatable bonds is 8. The van der Waals surface area contributed by atoms with E-state index in [4.69, 9.17) is 4.42 Å². The van der Waals surface area contributed by atoms with Gasteiger partial charge in [-0.05, 0) is 96.2 Å². The Morgan fingerprint density at radius 2 is 1.78 bits per heavy atom. The molecule has 3 fully saturated rings. The SMILES string of the molecule is CCCc1cc2oc(-c3ccc(F)cc3)c(C(=O)NC)c2cc1-c1cccc(C(=O)CC23CC(C2)C3)c1. The zero-order chi connectivity index (χ0) is 25.7. The second kappa shape index (κ2) is 8.98. The van der Waals surface area contributed by atoms with E-state index >= 15 is 0 Å². The van der Waals surface area contributed by atoms with Gasteiger partial charge in [-0.2, -0.15) is 0 Å². The molecule has 0 saturated heterocycles. The van der Waals surface area contributed by atoms with E-state index in [9.17, 15) is 14.0 Å². The van der Waals surface area contributed by atoms with Crippen molar-refractivity contribution in [3.8, 4) is 22.5 Å². The Morgan fingerprint density at radius 3 is 2.43 bits per heavy atom. The Balaban J connectivity index is 1.46. The van der Waals surface area contributed by atoms with Gasteiger partial charge in [0.15, 0.2) is 5.78 Å². The molecule has 4 nitrogen and oxygen atoms in total. The number of nitrogens with one attached hydrogen (secondary N) is 1. The highest BCUT2D eigenvalue weighted by Crippen LogP contribution is 2.66. The van der Waals surface area contributed by atoms with Gasteiger partial charge < -0.3 is 9.73 Å². The molecule has 1 amide bonds. The van der Waals surface area contributed by atoms with Crippen molar-refractivity contribution in [2.24, 2.45) is 11.3 Å². The molecule has 37 heavy (non-hydrogen) atoms. The van der Waals surface area contributed by atoms with Crippen LogP contribution < -0.4 is 5.32 Å². The molecular formula is C32H30FNO3. The number of amides is 1. The van der Waals surface area contributed by atoms with Gasteiger partial charge in [0.2, 0.25) is 0 Å². The first-order chi connectivity index (χ1) is 17.9. The van der Waals surface area contributed by atoms with Gasteiger partial charge in [0.05, 0.1) is 5.56 Å². The molecule has 1 aromatic heterocycles.